The van der Waals surface area contributed by atoms with Gasteiger partial charge in [0, 0.05) is 15.8 Å². The summed E-state index contributed by atoms with van der Waals surface area (Å²) in [6.45, 7) is 0. The first-order valence-electron chi connectivity index (χ1n) is 6.96. The molecule has 0 aromatic heterocycles. The highest BCUT2D eigenvalue weighted by atomic mass is 35.5. The highest BCUT2D eigenvalue weighted by molar-refractivity contribution is 8.33. The van der Waals surface area contributed by atoms with Crippen LogP contribution in [0.1, 0.15) is 6.42 Å². The van der Waals surface area contributed by atoms with Gasteiger partial charge in [-0.25, -0.2) is 0 Å². The van der Waals surface area contributed by atoms with E-state index in [1.54, 1.807) is 48.5 Å². The van der Waals surface area contributed by atoms with E-state index in [2.05, 4.69) is 0 Å². The van der Waals surface area contributed by atoms with Crippen LogP contribution in [0.15, 0.2) is 58.3 Å². The Bertz CT molecular complexity index is 667. The fourth-order valence-corrected chi connectivity index (χ4v) is 5.45. The molecule has 0 unspecified atom stereocenters. The zero-order chi connectivity index (χ0) is 18.0. The Morgan fingerprint density at radius 2 is 1.29 bits per heavy atom. The minimum absolute atomic E-state index is 0.185. The van der Waals surface area contributed by atoms with Crippen LogP contribution in [0.3, 0.4) is 0 Å². The van der Waals surface area contributed by atoms with Crippen molar-refractivity contribution in [2.45, 2.75) is 22.4 Å². The summed E-state index contributed by atoms with van der Waals surface area (Å²) in [7, 11) is -1.97. The van der Waals surface area contributed by atoms with Gasteiger partial charge in [-0.05, 0) is 64.6 Å². The van der Waals surface area contributed by atoms with Crippen LogP contribution in [-0.2, 0) is 4.79 Å². The Balaban J connectivity index is 2.42. The molecule has 24 heavy (non-hydrogen) atoms. The average Bonchev–Trinajstić information content (AvgIpc) is 2.46. The van der Waals surface area contributed by atoms with Crippen LogP contribution < -0.4 is 0 Å². The van der Waals surface area contributed by atoms with Gasteiger partial charge in [0.05, 0.1) is 0 Å². The Kier molecular flexibility index (Phi) is 5.89. The second-order valence-corrected chi connectivity index (χ2v) is 9.75. The summed E-state index contributed by atoms with van der Waals surface area (Å²) in [5, 5.41) is 1.05. The van der Waals surface area contributed by atoms with E-state index in [1.807, 2.05) is 6.26 Å². The molecular weight excluding hydrogens is 380 g/mol. The van der Waals surface area contributed by atoms with Gasteiger partial charge in [-0.15, -0.1) is 0 Å². The van der Waals surface area contributed by atoms with Gasteiger partial charge >= 0.3 is 6.18 Å². The third-order valence-electron chi connectivity index (χ3n) is 3.51. The SMILES string of the molecule is CS(CC(=O)CC(F)(F)F)(c1ccc(Cl)cc1)c1ccc(Cl)cc1. The number of halogens is 5. The molecule has 7 heteroatoms. The first-order chi connectivity index (χ1) is 11.1. The lowest BCUT2D eigenvalue weighted by Gasteiger charge is -2.36. The number of benzene rings is 2. The molecule has 0 heterocycles. The molecule has 0 amide bonds. The van der Waals surface area contributed by atoms with Crippen LogP contribution in [0.4, 0.5) is 13.2 Å². The normalized spacial score (nSPS) is 12.9. The van der Waals surface area contributed by atoms with E-state index in [0.29, 0.717) is 10.0 Å². The predicted octanol–water partition coefficient (Wildman–Crippen LogP) is 6.37. The lowest BCUT2D eigenvalue weighted by molar-refractivity contribution is -0.150. The van der Waals surface area contributed by atoms with Crippen molar-refractivity contribution < 1.29 is 18.0 Å². The van der Waals surface area contributed by atoms with Crippen LogP contribution in [0.5, 0.6) is 0 Å². The summed E-state index contributed by atoms with van der Waals surface area (Å²) >= 11 is 11.8. The molecule has 2 aromatic rings. The number of rotatable bonds is 5. The van der Waals surface area contributed by atoms with Gasteiger partial charge in [0.15, 0.2) is 5.78 Å². The highest BCUT2D eigenvalue weighted by Crippen LogP contribution is 2.59. The Labute approximate surface area is 150 Å². The molecule has 0 atom stereocenters. The Morgan fingerprint density at radius 3 is 1.62 bits per heavy atom. The third-order valence-corrected chi connectivity index (χ3v) is 7.54. The zero-order valence-electron chi connectivity index (χ0n) is 12.7. The van der Waals surface area contributed by atoms with Gasteiger partial charge in [0.25, 0.3) is 0 Å². The quantitative estimate of drug-likeness (QED) is 0.575. The van der Waals surface area contributed by atoms with Crippen LogP contribution in [-0.4, -0.2) is 24.0 Å². The Morgan fingerprint density at radius 1 is 0.917 bits per heavy atom. The van der Waals surface area contributed by atoms with Crippen molar-refractivity contribution in [3.05, 3.63) is 58.6 Å². The van der Waals surface area contributed by atoms with Crippen molar-refractivity contribution >= 4 is 39.0 Å². The van der Waals surface area contributed by atoms with E-state index < -0.39 is 28.4 Å². The summed E-state index contributed by atoms with van der Waals surface area (Å²) in [4.78, 5) is 13.6. The maximum atomic E-state index is 12.5. The van der Waals surface area contributed by atoms with Crippen LogP contribution in [0.25, 0.3) is 0 Å². The molecule has 130 valence electrons. The lowest BCUT2D eigenvalue weighted by atomic mass is 10.3. The van der Waals surface area contributed by atoms with Crippen LogP contribution in [0, 0.1) is 0 Å². The monoisotopic (exact) mass is 394 g/mol. The number of Topliss-reactive ketones (excluding diaryl/α,β-unsaturated/α-hetero) is 1. The Hall–Kier alpha value is -1.17. The van der Waals surface area contributed by atoms with Crippen LogP contribution >= 0.6 is 33.2 Å². The van der Waals surface area contributed by atoms with E-state index in [1.165, 1.54) is 0 Å². The largest absolute Gasteiger partial charge is 0.395 e. The summed E-state index contributed by atoms with van der Waals surface area (Å²) in [6, 6.07) is 13.7. The van der Waals surface area contributed by atoms with Gasteiger partial charge in [0.1, 0.15) is 6.42 Å². The molecule has 0 aliphatic rings. The summed E-state index contributed by atoms with van der Waals surface area (Å²) < 4.78 is 37.6. The molecular formula is C17H15Cl2F3OS. The first-order valence-corrected chi connectivity index (χ1v) is 9.92. The molecule has 0 spiro atoms. The fourth-order valence-electron chi connectivity index (χ4n) is 2.37. The maximum absolute atomic E-state index is 12.5. The molecule has 0 fully saturated rings. The van der Waals surface area contributed by atoms with E-state index in [4.69, 9.17) is 23.2 Å². The smallest absolute Gasteiger partial charge is 0.298 e. The zero-order valence-corrected chi connectivity index (χ0v) is 15.1. The van der Waals surface area contributed by atoms with Gasteiger partial charge in [-0.2, -0.15) is 23.2 Å². The highest BCUT2D eigenvalue weighted by Gasteiger charge is 2.34. The van der Waals surface area contributed by atoms with Gasteiger partial charge in [-0.1, -0.05) is 23.2 Å². The number of hydrogen-bond donors (Lipinski definition) is 0. The topological polar surface area (TPSA) is 17.1 Å². The van der Waals surface area contributed by atoms with Gasteiger partial charge in [-0.3, -0.25) is 4.79 Å². The molecule has 0 saturated heterocycles. The molecule has 2 aromatic carbocycles. The summed E-state index contributed by atoms with van der Waals surface area (Å²) in [5.74, 6) is -1.01. The van der Waals surface area contributed by atoms with Gasteiger partial charge in [0.2, 0.25) is 0 Å². The second-order valence-electron chi connectivity index (χ2n) is 5.47. The number of alkyl halides is 3. The van der Waals surface area contributed by atoms with Crippen molar-refractivity contribution in [3.8, 4) is 0 Å². The van der Waals surface area contributed by atoms with Crippen molar-refractivity contribution in [2.75, 3.05) is 12.0 Å². The van der Waals surface area contributed by atoms with Crippen molar-refractivity contribution in [3.63, 3.8) is 0 Å². The molecule has 2 rings (SSSR count). The number of carbonyl (C=O) groups is 1. The van der Waals surface area contributed by atoms with Crippen molar-refractivity contribution in [1.82, 2.24) is 0 Å². The third kappa shape index (κ3) is 4.91. The van der Waals surface area contributed by atoms with Crippen molar-refractivity contribution in [1.29, 1.82) is 0 Å². The maximum Gasteiger partial charge on any atom is 0.395 e. The fraction of sp³-hybridized carbons (Fsp3) is 0.235. The summed E-state index contributed by atoms with van der Waals surface area (Å²) in [6.07, 6.45) is -4.10. The molecule has 0 bridgehead atoms. The van der Waals surface area contributed by atoms with Crippen molar-refractivity contribution in [2.24, 2.45) is 0 Å². The number of carbonyl (C=O) groups excluding carboxylic acids is 1. The standard InChI is InChI=1S/C17H15Cl2F3OS/c1-24(11-14(23)10-17(20,21)22,15-6-2-12(18)3-7-15)16-8-4-13(19)5-9-16/h2-9H,10-11H2,1H3. The average molecular weight is 395 g/mol. The van der Waals surface area contributed by atoms with Crippen LogP contribution in [0.2, 0.25) is 10.0 Å². The molecule has 0 aliphatic heterocycles. The molecule has 0 saturated carbocycles. The molecule has 0 radical (unpaired) electrons. The van der Waals surface area contributed by atoms with E-state index in [9.17, 15) is 18.0 Å². The first kappa shape index (κ1) is 19.2. The van der Waals surface area contributed by atoms with Gasteiger partial charge < -0.3 is 0 Å². The van der Waals surface area contributed by atoms with E-state index >= 15 is 0 Å². The summed E-state index contributed by atoms with van der Waals surface area (Å²) in [5.41, 5.74) is 0. The number of hydrogen-bond acceptors (Lipinski definition) is 1. The molecule has 1 nitrogen and oxygen atoms in total. The second kappa shape index (κ2) is 7.38. The number of ketones is 1. The molecule has 0 aliphatic carbocycles. The minimum atomic E-state index is -4.50. The molecule has 0 N–H and O–H groups in total. The lowest BCUT2D eigenvalue weighted by Crippen LogP contribution is -2.21. The van der Waals surface area contributed by atoms with E-state index in [0.717, 1.165) is 9.79 Å². The van der Waals surface area contributed by atoms with E-state index in [-0.39, 0.29) is 5.75 Å². The predicted molar refractivity (Wildman–Crippen MR) is 93.5 cm³/mol. The minimum Gasteiger partial charge on any atom is -0.298 e.